The van der Waals surface area contributed by atoms with Crippen LogP contribution in [-0.4, -0.2) is 74.6 Å². The summed E-state index contributed by atoms with van der Waals surface area (Å²) >= 11 is 0. The minimum absolute atomic E-state index is 0.0224. The molecule has 1 aliphatic heterocycles. The summed E-state index contributed by atoms with van der Waals surface area (Å²) in [5, 5.41) is 13.1. The highest BCUT2D eigenvalue weighted by molar-refractivity contribution is 5.91. The first-order chi connectivity index (χ1) is 16.1. The summed E-state index contributed by atoms with van der Waals surface area (Å²) < 4.78 is 5.39. The monoisotopic (exact) mass is 456 g/mol. The Morgan fingerprint density at radius 3 is 2.76 bits per heavy atom. The van der Waals surface area contributed by atoms with E-state index in [0.29, 0.717) is 30.2 Å². The van der Waals surface area contributed by atoms with E-state index in [9.17, 15) is 4.79 Å². The maximum Gasteiger partial charge on any atom is 0.239 e. The molecule has 0 saturated carbocycles. The van der Waals surface area contributed by atoms with Crippen molar-refractivity contribution in [2.45, 2.75) is 19.4 Å². The van der Waals surface area contributed by atoms with Gasteiger partial charge >= 0.3 is 0 Å². The van der Waals surface area contributed by atoms with E-state index in [1.807, 2.05) is 19.1 Å². The molecule has 1 unspecified atom stereocenters. The second-order valence-electron chi connectivity index (χ2n) is 7.62. The SMILES string of the molecule is CO/N=C/c1c(N)ncnc1NCCC(C)NC(=O)CNc1ccc(N2CCOCC2)cc1. The highest BCUT2D eigenvalue weighted by atomic mass is 16.6. The Kier molecular flexibility index (Phi) is 9.07. The fourth-order valence-corrected chi connectivity index (χ4v) is 3.38. The largest absolute Gasteiger partial charge is 0.399 e. The molecule has 1 atom stereocenters. The smallest absolute Gasteiger partial charge is 0.239 e. The highest BCUT2D eigenvalue weighted by Crippen LogP contribution is 2.19. The van der Waals surface area contributed by atoms with Crippen molar-refractivity contribution in [2.75, 3.05) is 67.8 Å². The third-order valence-corrected chi connectivity index (χ3v) is 5.18. The maximum atomic E-state index is 12.3. The standard InChI is InChI=1S/C22H32N8O3/c1-16(7-8-24-22-19(13-28-32-2)21(23)26-15-27-22)29-20(31)14-25-17-3-5-18(6-4-17)30-9-11-33-12-10-30/h3-6,13,15-16,25H,7-12,14H2,1-2H3,(H,29,31)(H3,23,24,26,27)/b28-13+. The number of aromatic nitrogens is 2. The first-order valence-corrected chi connectivity index (χ1v) is 10.9. The van der Waals surface area contributed by atoms with E-state index in [1.165, 1.54) is 19.7 Å². The number of nitrogens with two attached hydrogens (primary N) is 1. The number of anilines is 4. The Morgan fingerprint density at radius 2 is 2.03 bits per heavy atom. The van der Waals surface area contributed by atoms with E-state index in [0.717, 1.165) is 37.7 Å². The second-order valence-corrected chi connectivity index (χ2v) is 7.62. The number of oxime groups is 1. The molecule has 3 rings (SSSR count). The number of rotatable bonds is 11. The molecule has 178 valence electrons. The third kappa shape index (κ3) is 7.49. The van der Waals surface area contributed by atoms with Gasteiger partial charge in [0.05, 0.1) is 31.5 Å². The van der Waals surface area contributed by atoms with Crippen LogP contribution in [0.3, 0.4) is 0 Å². The summed E-state index contributed by atoms with van der Waals surface area (Å²) in [5.74, 6) is 0.793. The molecule has 11 nitrogen and oxygen atoms in total. The lowest BCUT2D eigenvalue weighted by Gasteiger charge is -2.28. The molecule has 1 aliphatic rings. The van der Waals surface area contributed by atoms with Gasteiger partial charge in [0.25, 0.3) is 0 Å². The molecule has 0 radical (unpaired) electrons. The Morgan fingerprint density at radius 1 is 1.27 bits per heavy atom. The molecule has 5 N–H and O–H groups in total. The number of carbonyl (C=O) groups is 1. The minimum Gasteiger partial charge on any atom is -0.399 e. The number of carbonyl (C=O) groups excluding carboxylic acids is 1. The van der Waals surface area contributed by atoms with Crippen LogP contribution in [0, 0.1) is 0 Å². The van der Waals surface area contributed by atoms with Gasteiger partial charge in [0, 0.05) is 37.1 Å². The number of hydrogen-bond acceptors (Lipinski definition) is 10. The second kappa shape index (κ2) is 12.4. The number of ether oxygens (including phenoxy) is 1. The van der Waals surface area contributed by atoms with Gasteiger partial charge in [-0.05, 0) is 37.6 Å². The van der Waals surface area contributed by atoms with E-state index in [-0.39, 0.29) is 18.5 Å². The fourth-order valence-electron chi connectivity index (χ4n) is 3.38. The zero-order valence-corrected chi connectivity index (χ0v) is 19.1. The zero-order valence-electron chi connectivity index (χ0n) is 19.1. The van der Waals surface area contributed by atoms with Crippen LogP contribution in [0.2, 0.25) is 0 Å². The van der Waals surface area contributed by atoms with Crippen LogP contribution >= 0.6 is 0 Å². The average molecular weight is 457 g/mol. The van der Waals surface area contributed by atoms with Gasteiger partial charge in [0.2, 0.25) is 5.91 Å². The molecule has 1 aromatic carbocycles. The molecular formula is C22H32N8O3. The molecule has 1 saturated heterocycles. The van der Waals surface area contributed by atoms with Crippen LogP contribution in [0.1, 0.15) is 18.9 Å². The summed E-state index contributed by atoms with van der Waals surface area (Å²) in [7, 11) is 1.45. The van der Waals surface area contributed by atoms with Gasteiger partial charge in [-0.3, -0.25) is 4.79 Å². The van der Waals surface area contributed by atoms with Crippen molar-refractivity contribution in [3.05, 3.63) is 36.2 Å². The lowest BCUT2D eigenvalue weighted by atomic mass is 10.2. The molecule has 33 heavy (non-hydrogen) atoms. The first-order valence-electron chi connectivity index (χ1n) is 10.9. The average Bonchev–Trinajstić information content (AvgIpc) is 2.83. The van der Waals surface area contributed by atoms with Crippen LogP contribution in [0.25, 0.3) is 0 Å². The summed E-state index contributed by atoms with van der Waals surface area (Å²) in [6.07, 6.45) is 3.54. The Bertz CT molecular complexity index is 916. The third-order valence-electron chi connectivity index (χ3n) is 5.18. The van der Waals surface area contributed by atoms with E-state index < -0.39 is 0 Å². The summed E-state index contributed by atoms with van der Waals surface area (Å²) in [6, 6.07) is 8.08. The normalized spacial score (nSPS) is 14.7. The van der Waals surface area contributed by atoms with E-state index in [2.05, 4.69) is 48.1 Å². The number of nitrogens with zero attached hydrogens (tertiary/aromatic N) is 4. The Balaban J connectivity index is 1.39. The number of hydrogen-bond donors (Lipinski definition) is 4. The van der Waals surface area contributed by atoms with Crippen LogP contribution in [-0.2, 0) is 14.4 Å². The van der Waals surface area contributed by atoms with Gasteiger partial charge in [-0.25, -0.2) is 9.97 Å². The van der Waals surface area contributed by atoms with Gasteiger partial charge in [-0.1, -0.05) is 5.16 Å². The molecule has 11 heteroatoms. The van der Waals surface area contributed by atoms with Crippen LogP contribution in [0.5, 0.6) is 0 Å². The van der Waals surface area contributed by atoms with E-state index in [4.69, 9.17) is 15.3 Å². The molecule has 0 aliphatic carbocycles. The lowest BCUT2D eigenvalue weighted by molar-refractivity contribution is -0.120. The van der Waals surface area contributed by atoms with Crippen LogP contribution < -0.4 is 26.6 Å². The van der Waals surface area contributed by atoms with Crippen molar-refractivity contribution in [3.8, 4) is 0 Å². The van der Waals surface area contributed by atoms with Gasteiger partial charge in [-0.2, -0.15) is 0 Å². The Labute approximate surface area is 193 Å². The topological polar surface area (TPSA) is 139 Å². The van der Waals surface area contributed by atoms with Crippen molar-refractivity contribution in [1.82, 2.24) is 15.3 Å². The first kappa shape index (κ1) is 24.1. The number of benzene rings is 1. The quantitative estimate of drug-likeness (QED) is 0.291. The van der Waals surface area contributed by atoms with Crippen LogP contribution in [0.4, 0.5) is 23.0 Å². The van der Waals surface area contributed by atoms with Gasteiger partial charge in [0.1, 0.15) is 25.1 Å². The summed E-state index contributed by atoms with van der Waals surface area (Å²) in [6.45, 7) is 6.05. The minimum atomic E-state index is -0.0704. The van der Waals surface area contributed by atoms with E-state index >= 15 is 0 Å². The van der Waals surface area contributed by atoms with Gasteiger partial charge in [-0.15, -0.1) is 0 Å². The van der Waals surface area contributed by atoms with Crippen molar-refractivity contribution >= 4 is 35.1 Å². The number of nitrogen functional groups attached to an aromatic ring is 1. The lowest BCUT2D eigenvalue weighted by Crippen LogP contribution is -2.37. The number of amides is 1. The van der Waals surface area contributed by atoms with Crippen molar-refractivity contribution in [3.63, 3.8) is 0 Å². The molecule has 1 aromatic heterocycles. The zero-order chi connectivity index (χ0) is 23.5. The van der Waals surface area contributed by atoms with Crippen molar-refractivity contribution in [1.29, 1.82) is 0 Å². The number of nitrogens with one attached hydrogen (secondary N) is 3. The molecule has 0 bridgehead atoms. The maximum absolute atomic E-state index is 12.3. The predicted octanol–water partition coefficient (Wildman–Crippen LogP) is 1.29. The number of morpholine rings is 1. The van der Waals surface area contributed by atoms with Crippen molar-refractivity contribution < 1.29 is 14.4 Å². The summed E-state index contributed by atoms with van der Waals surface area (Å²) in [5.41, 5.74) is 8.50. The van der Waals surface area contributed by atoms with E-state index in [1.54, 1.807) is 0 Å². The molecule has 2 aromatic rings. The van der Waals surface area contributed by atoms with Crippen LogP contribution in [0.15, 0.2) is 35.7 Å². The van der Waals surface area contributed by atoms with Gasteiger partial charge < -0.3 is 36.2 Å². The molecule has 0 spiro atoms. The Hall–Kier alpha value is -3.60. The summed E-state index contributed by atoms with van der Waals surface area (Å²) in [4.78, 5) is 27.4. The molecular weight excluding hydrogens is 424 g/mol. The highest BCUT2D eigenvalue weighted by Gasteiger charge is 2.12. The van der Waals surface area contributed by atoms with Crippen molar-refractivity contribution in [2.24, 2.45) is 5.16 Å². The molecule has 1 amide bonds. The predicted molar refractivity (Wildman–Crippen MR) is 130 cm³/mol. The van der Waals surface area contributed by atoms with Gasteiger partial charge in [0.15, 0.2) is 0 Å². The molecule has 2 heterocycles. The fraction of sp³-hybridized carbons (Fsp3) is 0.455. The molecule has 1 fully saturated rings.